The second-order valence-corrected chi connectivity index (χ2v) is 6.54. The maximum absolute atomic E-state index is 11.8. The van der Waals surface area contributed by atoms with Crippen molar-refractivity contribution in [2.75, 3.05) is 6.61 Å². The quantitative estimate of drug-likeness (QED) is 0.618. The highest BCUT2D eigenvalue weighted by atomic mass is 31.1. The molecule has 21 heavy (non-hydrogen) atoms. The summed E-state index contributed by atoms with van der Waals surface area (Å²) in [7, 11) is -2.30. The van der Waals surface area contributed by atoms with Crippen LogP contribution in [0, 0.1) is 0 Å². The lowest BCUT2D eigenvalue weighted by molar-refractivity contribution is -0.169. The average Bonchev–Trinajstić information content (AvgIpc) is 2.38. The normalized spacial score (nSPS) is 13.7. The van der Waals surface area contributed by atoms with Crippen LogP contribution in [0.3, 0.4) is 0 Å². The molecule has 0 aliphatic carbocycles. The van der Waals surface area contributed by atoms with Crippen molar-refractivity contribution in [3.63, 3.8) is 0 Å². The third-order valence-corrected chi connectivity index (χ3v) is 3.70. The minimum atomic E-state index is -2.30. The van der Waals surface area contributed by atoms with Crippen LogP contribution in [0.25, 0.3) is 0 Å². The number of esters is 1. The highest BCUT2D eigenvalue weighted by Crippen LogP contribution is 2.28. The molecule has 0 aliphatic heterocycles. The number of benzene rings is 1. The SMILES string of the molecule is CCOC(=O)[C@H](C)N=[P+]([O-])Oc1ccc(C(C)(C)C)cc1. The second kappa shape index (κ2) is 7.53. The molecule has 1 rings (SSSR count). The molecule has 1 aromatic carbocycles. The van der Waals surface area contributed by atoms with Crippen molar-refractivity contribution >= 4 is 14.1 Å². The number of rotatable bonds is 5. The van der Waals surface area contributed by atoms with Crippen LogP contribution in [0.5, 0.6) is 5.75 Å². The van der Waals surface area contributed by atoms with Gasteiger partial charge in [-0.1, -0.05) is 37.6 Å². The first-order chi connectivity index (χ1) is 9.74. The van der Waals surface area contributed by atoms with Crippen molar-refractivity contribution in [2.45, 2.75) is 46.1 Å². The van der Waals surface area contributed by atoms with Gasteiger partial charge in [0.15, 0.2) is 11.8 Å². The number of nitrogens with zero attached hydrogens (tertiary/aromatic N) is 1. The zero-order valence-corrected chi connectivity index (χ0v) is 14.0. The Kier molecular flexibility index (Phi) is 6.31. The minimum Gasteiger partial charge on any atom is -0.575 e. The molecular formula is C15H22NO4P. The van der Waals surface area contributed by atoms with Crippen LogP contribution < -0.4 is 9.42 Å². The zero-order chi connectivity index (χ0) is 16.0. The van der Waals surface area contributed by atoms with Gasteiger partial charge in [-0.2, -0.15) is 0 Å². The molecule has 0 saturated carbocycles. The topological polar surface area (TPSA) is 71.0 Å². The molecular weight excluding hydrogens is 289 g/mol. The molecule has 0 amide bonds. The van der Waals surface area contributed by atoms with Gasteiger partial charge in [0, 0.05) is 0 Å². The van der Waals surface area contributed by atoms with Crippen molar-refractivity contribution in [3.05, 3.63) is 29.8 Å². The first-order valence-electron chi connectivity index (χ1n) is 6.87. The monoisotopic (exact) mass is 311 g/mol. The molecule has 0 radical (unpaired) electrons. The summed E-state index contributed by atoms with van der Waals surface area (Å²) in [5.41, 5.74) is 1.20. The van der Waals surface area contributed by atoms with E-state index in [4.69, 9.17) is 9.26 Å². The van der Waals surface area contributed by atoms with E-state index < -0.39 is 20.2 Å². The Bertz CT molecular complexity index is 505. The van der Waals surface area contributed by atoms with Crippen LogP contribution in [0.4, 0.5) is 0 Å². The van der Waals surface area contributed by atoms with Gasteiger partial charge in [0.1, 0.15) is 0 Å². The van der Waals surface area contributed by atoms with Crippen LogP contribution in [0.1, 0.15) is 40.2 Å². The van der Waals surface area contributed by atoms with Crippen LogP contribution in [0.2, 0.25) is 0 Å². The van der Waals surface area contributed by atoms with Crippen molar-refractivity contribution < 1.29 is 18.9 Å². The first kappa shape index (κ1) is 17.6. The highest BCUT2D eigenvalue weighted by molar-refractivity contribution is 7.34. The molecule has 0 aromatic heterocycles. The summed E-state index contributed by atoms with van der Waals surface area (Å²) in [6, 6.07) is 6.54. The van der Waals surface area contributed by atoms with Gasteiger partial charge in [0.25, 0.3) is 0 Å². The summed E-state index contributed by atoms with van der Waals surface area (Å²) in [5, 5.41) is 0. The zero-order valence-electron chi connectivity index (χ0n) is 13.1. The van der Waals surface area contributed by atoms with E-state index in [9.17, 15) is 9.69 Å². The van der Waals surface area contributed by atoms with Crippen LogP contribution >= 0.6 is 8.17 Å². The van der Waals surface area contributed by atoms with Gasteiger partial charge in [0.05, 0.1) is 6.61 Å². The van der Waals surface area contributed by atoms with E-state index in [1.54, 1.807) is 19.1 Å². The smallest absolute Gasteiger partial charge is 0.395 e. The van der Waals surface area contributed by atoms with Gasteiger partial charge >= 0.3 is 14.1 Å². The molecule has 0 aliphatic rings. The number of hydrogen-bond acceptors (Lipinski definition) is 5. The Morgan fingerprint density at radius 1 is 1.33 bits per heavy atom. The summed E-state index contributed by atoms with van der Waals surface area (Å²) in [6.07, 6.45) is 0. The van der Waals surface area contributed by atoms with Gasteiger partial charge in [-0.15, -0.1) is 0 Å². The average molecular weight is 311 g/mol. The molecule has 0 fully saturated rings. The fraction of sp³-hybridized carbons (Fsp3) is 0.533. The Morgan fingerprint density at radius 2 is 1.90 bits per heavy atom. The summed E-state index contributed by atoms with van der Waals surface area (Å²) in [5.74, 6) is -0.0450. The number of ether oxygens (including phenoxy) is 1. The lowest BCUT2D eigenvalue weighted by Gasteiger charge is -2.18. The summed E-state index contributed by atoms with van der Waals surface area (Å²) in [4.78, 5) is 23.2. The second-order valence-electron chi connectivity index (χ2n) is 5.65. The highest BCUT2D eigenvalue weighted by Gasteiger charge is 2.18. The number of hydrogen-bond donors (Lipinski definition) is 0. The van der Waals surface area contributed by atoms with E-state index in [0.717, 1.165) is 5.56 Å². The number of carbonyl (C=O) groups is 1. The predicted octanol–water partition coefficient (Wildman–Crippen LogP) is 3.17. The number of carbonyl (C=O) groups excluding carboxylic acids is 1. The van der Waals surface area contributed by atoms with E-state index in [2.05, 4.69) is 25.5 Å². The lowest BCUT2D eigenvalue weighted by Crippen LogP contribution is -2.18. The summed E-state index contributed by atoms with van der Waals surface area (Å²) in [6.45, 7) is 9.83. The van der Waals surface area contributed by atoms with E-state index in [-0.39, 0.29) is 12.0 Å². The molecule has 0 saturated heterocycles. The third kappa shape index (κ3) is 5.82. The maximum Gasteiger partial charge on any atom is 0.395 e. The Labute approximate surface area is 126 Å². The molecule has 116 valence electrons. The van der Waals surface area contributed by atoms with Gasteiger partial charge < -0.3 is 9.63 Å². The van der Waals surface area contributed by atoms with E-state index in [1.807, 2.05) is 12.1 Å². The summed E-state index contributed by atoms with van der Waals surface area (Å²) >= 11 is 0. The standard InChI is InChI=1S/C15H22NO4P/c1-6-19-14(17)11(2)16-21(18)20-13-9-7-12(8-10-13)15(3,4)5/h7-11H,6H2,1-5H3/t11-/m0/s1. The van der Waals surface area contributed by atoms with E-state index in [1.165, 1.54) is 6.92 Å². The Hall–Kier alpha value is -1.45. The van der Waals surface area contributed by atoms with Crippen molar-refractivity contribution in [1.82, 2.24) is 0 Å². The largest absolute Gasteiger partial charge is 0.575 e. The lowest BCUT2D eigenvalue weighted by atomic mass is 9.87. The molecule has 6 heteroatoms. The van der Waals surface area contributed by atoms with Gasteiger partial charge in [-0.05, 0) is 37.0 Å². The minimum absolute atomic E-state index is 0.0452. The van der Waals surface area contributed by atoms with E-state index >= 15 is 0 Å². The maximum atomic E-state index is 11.8. The molecule has 0 spiro atoms. The third-order valence-electron chi connectivity index (χ3n) is 2.80. The van der Waals surface area contributed by atoms with Crippen molar-refractivity contribution in [1.29, 1.82) is 0 Å². The van der Waals surface area contributed by atoms with Gasteiger partial charge in [-0.3, -0.25) is 4.52 Å². The Balaban J connectivity index is 2.70. The first-order valence-corrected chi connectivity index (χ1v) is 8.00. The van der Waals surface area contributed by atoms with Gasteiger partial charge in [-0.25, -0.2) is 4.79 Å². The fourth-order valence-corrected chi connectivity index (χ4v) is 2.31. The molecule has 0 heterocycles. The van der Waals surface area contributed by atoms with Gasteiger partial charge in [0.2, 0.25) is 0 Å². The fourth-order valence-electron chi connectivity index (χ4n) is 1.58. The van der Waals surface area contributed by atoms with Crippen LogP contribution in [-0.2, 0) is 14.9 Å². The van der Waals surface area contributed by atoms with Crippen molar-refractivity contribution in [2.24, 2.45) is 4.74 Å². The summed E-state index contributed by atoms with van der Waals surface area (Å²) < 4.78 is 13.8. The molecule has 5 nitrogen and oxygen atoms in total. The van der Waals surface area contributed by atoms with Crippen molar-refractivity contribution in [3.8, 4) is 5.75 Å². The molecule has 0 N–H and O–H groups in total. The molecule has 1 aromatic rings. The van der Waals surface area contributed by atoms with E-state index in [0.29, 0.717) is 5.75 Å². The molecule has 2 atom stereocenters. The molecule has 1 unspecified atom stereocenters. The molecule has 0 bridgehead atoms. The Morgan fingerprint density at radius 3 is 2.38 bits per heavy atom. The van der Waals surface area contributed by atoms with Crippen LogP contribution in [0.15, 0.2) is 29.0 Å². The van der Waals surface area contributed by atoms with Crippen LogP contribution in [-0.4, -0.2) is 18.6 Å². The predicted molar refractivity (Wildman–Crippen MR) is 81.2 cm³/mol.